The number of likely N-dealkylation sites (N-methyl/N-ethyl adjacent to an activating group) is 1. The molecule has 0 aliphatic carbocycles. The third-order valence-electron chi connectivity index (χ3n) is 3.84. The van der Waals surface area contributed by atoms with Crippen LogP contribution in [0.2, 0.25) is 10.0 Å². The fourth-order valence-electron chi connectivity index (χ4n) is 2.56. The van der Waals surface area contributed by atoms with Crippen molar-refractivity contribution in [1.29, 1.82) is 0 Å². The number of nitrogens with zero attached hydrogens (tertiary/aromatic N) is 1. The maximum Gasteiger partial charge on any atom is 0.328 e. The molecule has 0 spiro atoms. The quantitative estimate of drug-likeness (QED) is 0.604. The Hall–Kier alpha value is -2.50. The van der Waals surface area contributed by atoms with Gasteiger partial charge in [0.25, 0.3) is 5.91 Å². The Bertz CT molecular complexity index is 859. The second-order valence-corrected chi connectivity index (χ2v) is 6.44. The molecule has 1 heterocycles. The van der Waals surface area contributed by atoms with Gasteiger partial charge in [0.2, 0.25) is 0 Å². The molecule has 0 unspecified atom stereocenters. The summed E-state index contributed by atoms with van der Waals surface area (Å²) in [6, 6.07) is 12.5. The van der Waals surface area contributed by atoms with Crippen LogP contribution in [-0.2, 0) is 11.4 Å². The number of urea groups is 1. The van der Waals surface area contributed by atoms with Crippen LogP contribution >= 0.6 is 23.2 Å². The maximum absolute atomic E-state index is 12.1. The summed E-state index contributed by atoms with van der Waals surface area (Å²) in [4.78, 5) is 25.0. The lowest BCUT2D eigenvalue weighted by Crippen LogP contribution is -2.30. The Morgan fingerprint density at radius 3 is 2.35 bits per heavy atom. The summed E-state index contributed by atoms with van der Waals surface area (Å²) in [6.45, 7) is 2.36. The molecular weight excluding hydrogens is 375 g/mol. The monoisotopic (exact) mass is 390 g/mol. The number of hydrogen-bond donors (Lipinski definition) is 1. The van der Waals surface area contributed by atoms with Gasteiger partial charge in [-0.3, -0.25) is 9.69 Å². The molecule has 0 bridgehead atoms. The number of imide groups is 1. The Kier molecular flexibility index (Phi) is 5.49. The average Bonchev–Trinajstić information content (AvgIpc) is 2.88. The van der Waals surface area contributed by atoms with E-state index in [-0.39, 0.29) is 11.6 Å². The summed E-state index contributed by atoms with van der Waals surface area (Å²) in [7, 11) is 0. The van der Waals surface area contributed by atoms with Crippen LogP contribution in [0.3, 0.4) is 0 Å². The van der Waals surface area contributed by atoms with E-state index in [1.54, 1.807) is 19.1 Å². The number of rotatable bonds is 5. The Balaban J connectivity index is 1.80. The molecule has 3 amide bonds. The lowest BCUT2D eigenvalue weighted by atomic mass is 10.1. The van der Waals surface area contributed by atoms with Crippen LogP contribution in [0.5, 0.6) is 5.75 Å². The van der Waals surface area contributed by atoms with Crippen molar-refractivity contribution in [2.45, 2.75) is 13.5 Å². The number of ether oxygens (including phenoxy) is 1. The number of carbonyl (C=O) groups excluding carboxylic acids is 2. The van der Waals surface area contributed by atoms with Gasteiger partial charge in [-0.2, -0.15) is 0 Å². The zero-order chi connectivity index (χ0) is 18.7. The minimum atomic E-state index is -0.441. The van der Waals surface area contributed by atoms with Crippen molar-refractivity contribution in [3.8, 4) is 5.75 Å². The number of amides is 3. The first-order valence-corrected chi connectivity index (χ1v) is 8.75. The second kappa shape index (κ2) is 7.81. The largest absolute Gasteiger partial charge is 0.486 e. The predicted molar refractivity (Wildman–Crippen MR) is 101 cm³/mol. The van der Waals surface area contributed by atoms with Gasteiger partial charge < -0.3 is 10.1 Å². The number of hydrogen-bond acceptors (Lipinski definition) is 3. The van der Waals surface area contributed by atoms with Gasteiger partial charge in [0.05, 0.1) is 10.0 Å². The molecule has 1 saturated heterocycles. The molecule has 2 aromatic rings. The van der Waals surface area contributed by atoms with Crippen LogP contribution in [0.4, 0.5) is 4.79 Å². The van der Waals surface area contributed by atoms with Crippen LogP contribution in [0.25, 0.3) is 6.08 Å². The molecule has 1 aliphatic rings. The zero-order valence-electron chi connectivity index (χ0n) is 14.0. The van der Waals surface area contributed by atoms with Crippen LogP contribution < -0.4 is 10.1 Å². The van der Waals surface area contributed by atoms with Crippen molar-refractivity contribution in [2.75, 3.05) is 6.54 Å². The summed E-state index contributed by atoms with van der Waals surface area (Å²) < 4.78 is 5.72. The highest BCUT2D eigenvalue weighted by Crippen LogP contribution is 2.35. The third kappa shape index (κ3) is 3.84. The molecule has 0 radical (unpaired) electrons. The SMILES string of the molecule is CCN1C(=O)N/C(=C/c2cc(Cl)c(OCc3ccccc3)c(Cl)c2)C1=O. The van der Waals surface area contributed by atoms with Gasteiger partial charge in [-0.25, -0.2) is 4.79 Å². The topological polar surface area (TPSA) is 58.6 Å². The standard InChI is InChI=1S/C19H16Cl2N2O3/c1-2-23-18(24)16(22-19(23)25)10-13-8-14(20)17(15(21)9-13)26-11-12-6-4-3-5-7-12/h3-10H,2,11H2,1H3,(H,22,25)/b16-10+. The molecule has 0 saturated carbocycles. The lowest BCUT2D eigenvalue weighted by Gasteiger charge is -2.11. The molecule has 0 atom stereocenters. The van der Waals surface area contributed by atoms with E-state index in [1.807, 2.05) is 30.3 Å². The molecule has 134 valence electrons. The van der Waals surface area contributed by atoms with E-state index in [0.717, 1.165) is 10.5 Å². The molecule has 26 heavy (non-hydrogen) atoms. The van der Waals surface area contributed by atoms with Crippen LogP contribution in [0.1, 0.15) is 18.1 Å². The first kappa shape index (κ1) is 18.3. The van der Waals surface area contributed by atoms with Crippen molar-refractivity contribution in [1.82, 2.24) is 10.2 Å². The molecule has 0 aromatic heterocycles. The summed E-state index contributed by atoms with van der Waals surface area (Å²) in [5, 5.41) is 3.18. The van der Waals surface area contributed by atoms with Gasteiger partial charge in [-0.15, -0.1) is 0 Å². The van der Waals surface area contributed by atoms with Crippen molar-refractivity contribution in [3.63, 3.8) is 0 Å². The minimum absolute atomic E-state index is 0.182. The van der Waals surface area contributed by atoms with Crippen LogP contribution in [0, 0.1) is 0 Å². The van der Waals surface area contributed by atoms with Crippen molar-refractivity contribution in [3.05, 3.63) is 69.3 Å². The van der Waals surface area contributed by atoms with Gasteiger partial charge in [0.1, 0.15) is 12.3 Å². The number of benzene rings is 2. The highest BCUT2D eigenvalue weighted by atomic mass is 35.5. The van der Waals surface area contributed by atoms with E-state index in [0.29, 0.717) is 34.5 Å². The summed E-state index contributed by atoms with van der Waals surface area (Å²) in [5.41, 5.74) is 1.76. The van der Waals surface area contributed by atoms with Gasteiger partial charge in [0.15, 0.2) is 5.75 Å². The number of nitrogens with one attached hydrogen (secondary N) is 1. The summed E-state index contributed by atoms with van der Waals surface area (Å²) in [5.74, 6) is -0.00884. The molecular formula is C19H16Cl2N2O3. The summed E-state index contributed by atoms with van der Waals surface area (Å²) in [6.07, 6.45) is 1.54. The second-order valence-electron chi connectivity index (χ2n) is 5.63. The number of halogens is 2. The van der Waals surface area contributed by atoms with Crippen molar-refractivity contribution >= 4 is 41.2 Å². The number of carbonyl (C=O) groups is 2. The molecule has 7 heteroatoms. The van der Waals surface area contributed by atoms with Gasteiger partial charge in [-0.1, -0.05) is 53.5 Å². The van der Waals surface area contributed by atoms with Gasteiger partial charge in [0, 0.05) is 6.54 Å². The maximum atomic E-state index is 12.1. The van der Waals surface area contributed by atoms with E-state index in [9.17, 15) is 9.59 Å². The lowest BCUT2D eigenvalue weighted by molar-refractivity contribution is -0.122. The zero-order valence-corrected chi connectivity index (χ0v) is 15.5. The molecule has 1 fully saturated rings. The highest BCUT2D eigenvalue weighted by molar-refractivity contribution is 6.37. The van der Waals surface area contributed by atoms with Gasteiger partial charge in [-0.05, 0) is 36.3 Å². The minimum Gasteiger partial charge on any atom is -0.486 e. The smallest absolute Gasteiger partial charge is 0.328 e. The molecule has 1 N–H and O–H groups in total. The van der Waals surface area contributed by atoms with E-state index in [4.69, 9.17) is 27.9 Å². The van der Waals surface area contributed by atoms with Gasteiger partial charge >= 0.3 is 6.03 Å². The molecule has 5 nitrogen and oxygen atoms in total. The van der Waals surface area contributed by atoms with E-state index in [2.05, 4.69) is 5.32 Å². The van der Waals surface area contributed by atoms with Crippen molar-refractivity contribution < 1.29 is 14.3 Å². The molecule has 2 aromatic carbocycles. The Morgan fingerprint density at radius 1 is 1.12 bits per heavy atom. The average molecular weight is 391 g/mol. The summed E-state index contributed by atoms with van der Waals surface area (Å²) >= 11 is 12.6. The van der Waals surface area contributed by atoms with E-state index >= 15 is 0 Å². The predicted octanol–water partition coefficient (Wildman–Crippen LogP) is 4.49. The molecule has 3 rings (SSSR count). The van der Waals surface area contributed by atoms with Crippen LogP contribution in [-0.4, -0.2) is 23.4 Å². The van der Waals surface area contributed by atoms with E-state index in [1.165, 1.54) is 6.08 Å². The van der Waals surface area contributed by atoms with E-state index < -0.39 is 6.03 Å². The Labute approximate surface area is 161 Å². The fourth-order valence-corrected chi connectivity index (χ4v) is 3.17. The van der Waals surface area contributed by atoms with Crippen LogP contribution in [0.15, 0.2) is 48.2 Å². The van der Waals surface area contributed by atoms with Crippen molar-refractivity contribution in [2.24, 2.45) is 0 Å². The fraction of sp³-hybridized carbons (Fsp3) is 0.158. The first-order valence-electron chi connectivity index (χ1n) is 8.00. The highest BCUT2D eigenvalue weighted by Gasteiger charge is 2.32. The first-order chi connectivity index (χ1) is 12.5. The molecule has 1 aliphatic heterocycles. The normalized spacial score (nSPS) is 15.5. The third-order valence-corrected chi connectivity index (χ3v) is 4.40. The Morgan fingerprint density at radius 2 is 1.77 bits per heavy atom.